The number of fused-ring (bicyclic) bond motifs is 1. The fourth-order valence-corrected chi connectivity index (χ4v) is 3.81. The molecule has 0 unspecified atom stereocenters. The molecule has 0 spiro atoms. The van der Waals surface area contributed by atoms with Gasteiger partial charge in [0.15, 0.2) is 11.5 Å². The van der Waals surface area contributed by atoms with Crippen molar-refractivity contribution in [3.05, 3.63) is 59.7 Å². The molecular weight excluding hydrogens is 366 g/mol. The molecular formula is C23H29N3O3. The van der Waals surface area contributed by atoms with Crippen LogP contribution in [0.3, 0.4) is 0 Å². The van der Waals surface area contributed by atoms with E-state index < -0.39 is 0 Å². The lowest BCUT2D eigenvalue weighted by Crippen LogP contribution is -2.46. The fraction of sp³-hybridized carbons (Fsp3) is 0.435. The summed E-state index contributed by atoms with van der Waals surface area (Å²) in [5.74, 6) is 1.82. The summed E-state index contributed by atoms with van der Waals surface area (Å²) in [5, 5.41) is 3.03. The number of benzene rings is 2. The van der Waals surface area contributed by atoms with E-state index in [1.165, 1.54) is 11.1 Å². The SMILES string of the molecule is O=C(CCN1CCN(Cc2ccc3c(c2)OCO3)CC1)NCCc1ccccc1. The van der Waals surface area contributed by atoms with Crippen molar-refractivity contribution in [3.63, 3.8) is 0 Å². The van der Waals surface area contributed by atoms with E-state index >= 15 is 0 Å². The molecule has 6 nitrogen and oxygen atoms in total. The smallest absolute Gasteiger partial charge is 0.231 e. The van der Waals surface area contributed by atoms with E-state index in [0.29, 0.717) is 19.8 Å². The molecule has 0 saturated carbocycles. The Hall–Kier alpha value is -2.57. The van der Waals surface area contributed by atoms with Gasteiger partial charge in [0.1, 0.15) is 0 Å². The van der Waals surface area contributed by atoms with Crippen molar-refractivity contribution in [1.29, 1.82) is 0 Å². The second kappa shape index (κ2) is 9.76. The third-order valence-corrected chi connectivity index (χ3v) is 5.54. The molecule has 2 aliphatic rings. The highest BCUT2D eigenvalue weighted by Crippen LogP contribution is 2.32. The zero-order valence-corrected chi connectivity index (χ0v) is 16.8. The van der Waals surface area contributed by atoms with Crippen molar-refractivity contribution in [2.24, 2.45) is 0 Å². The molecule has 154 valence electrons. The number of hydrogen-bond acceptors (Lipinski definition) is 5. The minimum atomic E-state index is 0.142. The van der Waals surface area contributed by atoms with Crippen LogP contribution in [0.5, 0.6) is 11.5 Å². The summed E-state index contributed by atoms with van der Waals surface area (Å²) in [5.41, 5.74) is 2.51. The molecule has 2 aromatic rings. The van der Waals surface area contributed by atoms with Gasteiger partial charge < -0.3 is 19.7 Å². The largest absolute Gasteiger partial charge is 0.454 e. The van der Waals surface area contributed by atoms with Gasteiger partial charge in [0, 0.05) is 52.2 Å². The minimum Gasteiger partial charge on any atom is -0.454 e. The Balaban J connectivity index is 1.11. The summed E-state index contributed by atoms with van der Waals surface area (Å²) in [6.07, 6.45) is 1.45. The topological polar surface area (TPSA) is 54.0 Å². The van der Waals surface area contributed by atoms with Crippen LogP contribution >= 0.6 is 0 Å². The lowest BCUT2D eigenvalue weighted by Gasteiger charge is -2.34. The van der Waals surface area contributed by atoms with Gasteiger partial charge in [0.25, 0.3) is 0 Å². The van der Waals surface area contributed by atoms with E-state index in [-0.39, 0.29) is 5.91 Å². The van der Waals surface area contributed by atoms with E-state index in [4.69, 9.17) is 9.47 Å². The number of piperazine rings is 1. The van der Waals surface area contributed by atoms with Gasteiger partial charge in [-0.05, 0) is 29.7 Å². The van der Waals surface area contributed by atoms with Crippen LogP contribution < -0.4 is 14.8 Å². The maximum absolute atomic E-state index is 12.1. The molecule has 4 rings (SSSR count). The zero-order chi connectivity index (χ0) is 19.9. The Morgan fingerprint density at radius 1 is 0.897 bits per heavy atom. The molecule has 0 aromatic heterocycles. The highest BCUT2D eigenvalue weighted by Gasteiger charge is 2.19. The summed E-state index contributed by atoms with van der Waals surface area (Å²) in [6.45, 7) is 6.81. The zero-order valence-electron chi connectivity index (χ0n) is 16.8. The Labute approximate surface area is 172 Å². The van der Waals surface area contributed by atoms with E-state index in [0.717, 1.165) is 57.2 Å². The van der Waals surface area contributed by atoms with E-state index in [1.54, 1.807) is 0 Å². The number of rotatable bonds is 8. The molecule has 1 fully saturated rings. The van der Waals surface area contributed by atoms with Crippen LogP contribution in [0, 0.1) is 0 Å². The summed E-state index contributed by atoms with van der Waals surface area (Å²) in [4.78, 5) is 16.9. The Morgan fingerprint density at radius 3 is 2.48 bits per heavy atom. The molecule has 1 amide bonds. The number of amides is 1. The molecule has 2 aliphatic heterocycles. The molecule has 0 radical (unpaired) electrons. The van der Waals surface area contributed by atoms with Crippen LogP contribution in [-0.2, 0) is 17.8 Å². The molecule has 0 atom stereocenters. The lowest BCUT2D eigenvalue weighted by atomic mass is 10.1. The molecule has 0 aliphatic carbocycles. The predicted molar refractivity (Wildman–Crippen MR) is 112 cm³/mol. The number of nitrogens with zero attached hydrogens (tertiary/aromatic N) is 2. The fourth-order valence-electron chi connectivity index (χ4n) is 3.81. The van der Waals surface area contributed by atoms with Crippen molar-refractivity contribution in [2.75, 3.05) is 46.1 Å². The van der Waals surface area contributed by atoms with E-state index in [2.05, 4.69) is 39.4 Å². The van der Waals surface area contributed by atoms with Crippen LogP contribution in [-0.4, -0.2) is 61.8 Å². The van der Waals surface area contributed by atoms with Crippen molar-refractivity contribution >= 4 is 5.91 Å². The normalized spacial score (nSPS) is 16.7. The molecule has 1 N–H and O–H groups in total. The average molecular weight is 396 g/mol. The lowest BCUT2D eigenvalue weighted by molar-refractivity contribution is -0.121. The molecule has 29 heavy (non-hydrogen) atoms. The number of hydrogen-bond donors (Lipinski definition) is 1. The molecule has 1 saturated heterocycles. The van der Waals surface area contributed by atoms with Gasteiger partial charge in [0.2, 0.25) is 12.7 Å². The van der Waals surface area contributed by atoms with Gasteiger partial charge in [-0.1, -0.05) is 36.4 Å². The Kier molecular flexibility index (Phi) is 6.64. The predicted octanol–water partition coefficient (Wildman–Crippen LogP) is 2.28. The van der Waals surface area contributed by atoms with Gasteiger partial charge >= 0.3 is 0 Å². The Bertz CT molecular complexity index is 804. The van der Waals surface area contributed by atoms with E-state index in [1.807, 2.05) is 24.3 Å². The standard InChI is InChI=1S/C23H29N3O3/c27-23(24-10-8-19-4-2-1-3-5-19)9-11-25-12-14-26(15-13-25)17-20-6-7-21-22(16-20)29-18-28-21/h1-7,16H,8-15,17-18H2,(H,24,27). The first-order chi connectivity index (χ1) is 14.3. The van der Waals surface area contributed by atoms with Crippen LogP contribution in [0.2, 0.25) is 0 Å². The van der Waals surface area contributed by atoms with Gasteiger partial charge in [-0.25, -0.2) is 0 Å². The van der Waals surface area contributed by atoms with E-state index in [9.17, 15) is 4.79 Å². The van der Waals surface area contributed by atoms with Crippen LogP contribution in [0.4, 0.5) is 0 Å². The summed E-state index contributed by atoms with van der Waals surface area (Å²) < 4.78 is 10.8. The van der Waals surface area contributed by atoms with Crippen molar-refractivity contribution in [1.82, 2.24) is 15.1 Å². The minimum absolute atomic E-state index is 0.142. The summed E-state index contributed by atoms with van der Waals surface area (Å²) in [6, 6.07) is 16.4. The highest BCUT2D eigenvalue weighted by molar-refractivity contribution is 5.76. The first-order valence-corrected chi connectivity index (χ1v) is 10.4. The maximum atomic E-state index is 12.1. The first kappa shape index (κ1) is 19.7. The maximum Gasteiger partial charge on any atom is 0.231 e. The van der Waals surface area contributed by atoms with Crippen molar-refractivity contribution in [2.45, 2.75) is 19.4 Å². The van der Waals surface area contributed by atoms with Crippen LogP contribution in [0.25, 0.3) is 0 Å². The second-order valence-corrected chi connectivity index (χ2v) is 7.64. The summed E-state index contributed by atoms with van der Waals surface area (Å²) in [7, 11) is 0. The van der Waals surface area contributed by atoms with Gasteiger partial charge in [-0.15, -0.1) is 0 Å². The third kappa shape index (κ3) is 5.71. The average Bonchev–Trinajstić information content (AvgIpc) is 3.22. The van der Waals surface area contributed by atoms with Crippen molar-refractivity contribution in [3.8, 4) is 11.5 Å². The van der Waals surface area contributed by atoms with Crippen LogP contribution in [0.1, 0.15) is 17.5 Å². The molecule has 6 heteroatoms. The molecule has 0 bridgehead atoms. The highest BCUT2D eigenvalue weighted by atomic mass is 16.7. The monoisotopic (exact) mass is 395 g/mol. The number of ether oxygens (including phenoxy) is 2. The van der Waals surface area contributed by atoms with Crippen molar-refractivity contribution < 1.29 is 14.3 Å². The van der Waals surface area contributed by atoms with Crippen LogP contribution in [0.15, 0.2) is 48.5 Å². The number of carbonyl (C=O) groups excluding carboxylic acids is 1. The third-order valence-electron chi connectivity index (χ3n) is 5.54. The number of carbonyl (C=O) groups is 1. The first-order valence-electron chi connectivity index (χ1n) is 10.4. The summed E-state index contributed by atoms with van der Waals surface area (Å²) >= 11 is 0. The number of nitrogens with one attached hydrogen (secondary N) is 1. The molecule has 2 heterocycles. The van der Waals surface area contributed by atoms with Gasteiger partial charge in [-0.2, -0.15) is 0 Å². The quantitative estimate of drug-likeness (QED) is 0.743. The molecule has 2 aromatic carbocycles. The van der Waals surface area contributed by atoms with Gasteiger partial charge in [-0.3, -0.25) is 9.69 Å². The Morgan fingerprint density at radius 2 is 1.66 bits per heavy atom. The van der Waals surface area contributed by atoms with Gasteiger partial charge in [0.05, 0.1) is 0 Å². The second-order valence-electron chi connectivity index (χ2n) is 7.64.